The predicted octanol–water partition coefficient (Wildman–Crippen LogP) is 5.93. The molecule has 2 spiro atoms. The van der Waals surface area contributed by atoms with Crippen molar-refractivity contribution in [2.75, 3.05) is 51.2 Å². The highest BCUT2D eigenvalue weighted by Gasteiger charge is 2.72. The number of carbonyl (C=O) groups is 3. The van der Waals surface area contributed by atoms with Gasteiger partial charge in [-0.1, -0.05) is 48.5 Å². The molecule has 10 rings (SSSR count). The topological polar surface area (TPSA) is 143 Å². The molecular formula is C47H48N4O8. The maximum Gasteiger partial charge on any atom is 0.252 e. The molecule has 0 aromatic heterocycles. The quantitative estimate of drug-likeness (QED) is 0.152. The van der Waals surface area contributed by atoms with Gasteiger partial charge < -0.3 is 34.6 Å². The number of methoxy groups -OCH3 is 2. The van der Waals surface area contributed by atoms with Gasteiger partial charge in [0.2, 0.25) is 0 Å². The molecule has 6 aliphatic heterocycles. The van der Waals surface area contributed by atoms with Crippen LogP contribution in [0.5, 0.6) is 23.0 Å². The molecular weight excluding hydrogens is 749 g/mol. The average molecular weight is 797 g/mol. The van der Waals surface area contributed by atoms with Gasteiger partial charge in [0, 0.05) is 66.6 Å². The van der Waals surface area contributed by atoms with Crippen LogP contribution in [0.4, 0.5) is 11.4 Å². The number of carbonyl (C=O) groups excluding carboxylic acids is 3. The van der Waals surface area contributed by atoms with Crippen molar-refractivity contribution in [3.05, 3.63) is 119 Å². The molecule has 59 heavy (non-hydrogen) atoms. The minimum Gasteiger partial charge on any atom is -0.512 e. The summed E-state index contributed by atoms with van der Waals surface area (Å²) in [6.07, 6.45) is 4.47. The van der Waals surface area contributed by atoms with Gasteiger partial charge >= 0.3 is 0 Å². The number of phenolic OH excluding ortho intramolecular Hbond substituents is 2. The first-order chi connectivity index (χ1) is 28.5. The van der Waals surface area contributed by atoms with E-state index in [2.05, 4.69) is 9.80 Å². The Hall–Kier alpha value is -5.85. The Morgan fingerprint density at radius 2 is 1.12 bits per heavy atom. The molecule has 4 aromatic carbocycles. The fraction of sp³-hybridized carbons (Fsp3) is 0.383. The Bertz CT molecular complexity index is 2470. The molecule has 4 aromatic rings. The van der Waals surface area contributed by atoms with Crippen LogP contribution in [-0.2, 0) is 25.5 Å². The standard InChI is InChI=1S/C47H48N4O8/c1-48-30-13-7-5-11-28(30)46(44(48)56)42(40(32-15-9-21-50(32)46)26-17-19-34(52)38(23-26)58-3)36(54)25-37(55)43-41(27-18-20-35(53)39(24-27)59-4)33-16-10-22-51(33)47(43)29-12-6-8-14-31(29)49(2)45(47)57/h5-8,11-14,17-20,23-25,32-33,40-43,52-54H,9-10,15-16,21-22H2,1-4H3/t32-,33-,40-,41-,42+,43+,46+,47+/m0/s1. The van der Waals surface area contributed by atoms with Gasteiger partial charge in [-0.3, -0.25) is 24.2 Å². The van der Waals surface area contributed by atoms with Gasteiger partial charge in [0.15, 0.2) is 28.8 Å². The van der Waals surface area contributed by atoms with Gasteiger partial charge in [-0.25, -0.2) is 0 Å². The van der Waals surface area contributed by atoms with Crippen LogP contribution in [0.25, 0.3) is 0 Å². The number of likely N-dealkylation sites (N-methyl/N-ethyl adjacent to an activating group) is 2. The smallest absolute Gasteiger partial charge is 0.252 e. The number of anilines is 2. The van der Waals surface area contributed by atoms with Crippen molar-refractivity contribution in [1.29, 1.82) is 0 Å². The number of aliphatic hydroxyl groups excluding tert-OH is 1. The van der Waals surface area contributed by atoms with Crippen molar-refractivity contribution >= 4 is 29.0 Å². The highest BCUT2D eigenvalue weighted by molar-refractivity contribution is 6.13. The van der Waals surface area contributed by atoms with Gasteiger partial charge in [-0.2, -0.15) is 0 Å². The van der Waals surface area contributed by atoms with E-state index < -0.39 is 40.5 Å². The molecule has 12 heteroatoms. The molecule has 3 N–H and O–H groups in total. The summed E-state index contributed by atoms with van der Waals surface area (Å²) in [5.74, 6) is -3.54. The summed E-state index contributed by atoms with van der Waals surface area (Å²) in [4.78, 5) is 53.8. The summed E-state index contributed by atoms with van der Waals surface area (Å²) in [6.45, 7) is 1.20. The van der Waals surface area contributed by atoms with Crippen LogP contribution in [0.2, 0.25) is 0 Å². The Balaban J connectivity index is 1.20. The lowest BCUT2D eigenvalue weighted by atomic mass is 9.68. The SMILES string of the molecule is COc1cc([C@@H]2[C@@H](C(=O)C=C(O)[C@@H]3[C@@H](c4ccc(O)c(OC)c4)[C@@H]4CCCN4[C@@]34C(=O)N(C)c3ccccc34)[C@]3(C(=O)N(C)c4ccccc43)N3CCC[C@@H]23)ccc1O. The number of para-hydroxylation sites is 2. The summed E-state index contributed by atoms with van der Waals surface area (Å²) < 4.78 is 11.1. The summed E-state index contributed by atoms with van der Waals surface area (Å²) >= 11 is 0. The average Bonchev–Trinajstić information content (AvgIpc) is 4.09. The van der Waals surface area contributed by atoms with E-state index in [4.69, 9.17) is 9.47 Å². The minimum atomic E-state index is -1.39. The van der Waals surface area contributed by atoms with E-state index in [-0.39, 0.29) is 52.7 Å². The van der Waals surface area contributed by atoms with E-state index in [1.54, 1.807) is 54.2 Å². The van der Waals surface area contributed by atoms with E-state index in [9.17, 15) is 15.3 Å². The molecule has 6 aliphatic rings. The zero-order chi connectivity index (χ0) is 41.1. The molecule has 6 heterocycles. The Morgan fingerprint density at radius 1 is 0.678 bits per heavy atom. The number of hydrogen-bond donors (Lipinski definition) is 3. The molecule has 12 nitrogen and oxygen atoms in total. The number of ether oxygens (including phenoxy) is 2. The number of amides is 2. The lowest BCUT2D eigenvalue weighted by molar-refractivity contribution is -0.136. The summed E-state index contributed by atoms with van der Waals surface area (Å²) in [5, 5.41) is 34.4. The molecule has 0 saturated carbocycles. The van der Waals surface area contributed by atoms with Crippen LogP contribution in [0.3, 0.4) is 0 Å². The first-order valence-electron chi connectivity index (χ1n) is 20.5. The molecule has 0 aliphatic carbocycles. The third-order valence-corrected chi connectivity index (χ3v) is 14.7. The van der Waals surface area contributed by atoms with Crippen molar-refractivity contribution in [3.8, 4) is 23.0 Å². The van der Waals surface area contributed by atoms with Gasteiger partial charge in [0.05, 0.1) is 26.1 Å². The number of benzene rings is 4. The number of aromatic hydroxyl groups is 2. The Morgan fingerprint density at radius 3 is 1.59 bits per heavy atom. The van der Waals surface area contributed by atoms with Gasteiger partial charge in [0.25, 0.3) is 11.8 Å². The zero-order valence-electron chi connectivity index (χ0n) is 33.5. The molecule has 304 valence electrons. The van der Waals surface area contributed by atoms with Gasteiger partial charge in [0.1, 0.15) is 16.8 Å². The summed E-state index contributed by atoms with van der Waals surface area (Å²) in [7, 11) is 6.47. The maximum absolute atomic E-state index is 15.8. The molecule has 0 unspecified atom stereocenters. The van der Waals surface area contributed by atoms with Crippen LogP contribution in [0.1, 0.15) is 59.8 Å². The van der Waals surface area contributed by atoms with E-state index in [0.717, 1.165) is 59.3 Å². The third kappa shape index (κ3) is 4.75. The molecule has 0 radical (unpaired) electrons. The van der Waals surface area contributed by atoms with Crippen molar-refractivity contribution < 1.29 is 39.2 Å². The second-order valence-corrected chi connectivity index (χ2v) is 16.9. The van der Waals surface area contributed by atoms with E-state index in [1.165, 1.54) is 20.3 Å². The second-order valence-electron chi connectivity index (χ2n) is 16.9. The van der Waals surface area contributed by atoms with Crippen molar-refractivity contribution in [2.45, 2.75) is 60.7 Å². The third-order valence-electron chi connectivity index (χ3n) is 14.7. The fourth-order valence-corrected chi connectivity index (χ4v) is 12.6. The molecule has 4 saturated heterocycles. The highest BCUT2D eigenvalue weighted by Crippen LogP contribution is 2.65. The van der Waals surface area contributed by atoms with Crippen molar-refractivity contribution in [3.63, 3.8) is 0 Å². The number of ketones is 1. The minimum absolute atomic E-state index is 0.0313. The Kier molecular flexibility index (Phi) is 8.46. The number of hydrogen-bond acceptors (Lipinski definition) is 10. The first kappa shape index (κ1) is 37.4. The number of aliphatic hydroxyl groups is 1. The van der Waals surface area contributed by atoms with Gasteiger partial charge in [-0.15, -0.1) is 0 Å². The maximum atomic E-state index is 15.8. The second kappa shape index (κ2) is 13.3. The summed E-state index contributed by atoms with van der Waals surface area (Å²) in [6, 6.07) is 25.2. The van der Waals surface area contributed by atoms with Crippen LogP contribution >= 0.6 is 0 Å². The fourth-order valence-electron chi connectivity index (χ4n) is 12.6. The number of rotatable bonds is 7. The molecule has 2 amide bonds. The van der Waals surface area contributed by atoms with Crippen LogP contribution in [0, 0.1) is 11.8 Å². The number of phenols is 2. The molecule has 0 bridgehead atoms. The van der Waals surface area contributed by atoms with Crippen molar-refractivity contribution in [1.82, 2.24) is 9.80 Å². The van der Waals surface area contributed by atoms with Crippen molar-refractivity contribution in [2.24, 2.45) is 11.8 Å². The van der Waals surface area contributed by atoms with E-state index in [0.29, 0.717) is 13.1 Å². The monoisotopic (exact) mass is 796 g/mol. The summed E-state index contributed by atoms with van der Waals surface area (Å²) in [5.41, 5.74) is 1.74. The molecule has 8 atom stereocenters. The highest BCUT2D eigenvalue weighted by atomic mass is 16.5. The first-order valence-corrected chi connectivity index (χ1v) is 20.5. The normalized spacial score (nSPS) is 31.0. The lowest BCUT2D eigenvalue weighted by Crippen LogP contribution is -2.54. The lowest BCUT2D eigenvalue weighted by Gasteiger charge is -2.38. The number of allylic oxidation sites excluding steroid dienone is 1. The van der Waals surface area contributed by atoms with Crippen LogP contribution in [0.15, 0.2) is 96.8 Å². The predicted molar refractivity (Wildman–Crippen MR) is 220 cm³/mol. The van der Waals surface area contributed by atoms with E-state index in [1.807, 2.05) is 54.6 Å². The van der Waals surface area contributed by atoms with Crippen LogP contribution in [-0.4, -0.2) is 96.2 Å². The van der Waals surface area contributed by atoms with Crippen LogP contribution < -0.4 is 19.3 Å². The number of fused-ring (bicyclic) bond motifs is 8. The number of nitrogens with zero attached hydrogens (tertiary/aromatic N) is 4. The Labute approximate surface area is 342 Å². The van der Waals surface area contributed by atoms with Gasteiger partial charge in [-0.05, 0) is 86.3 Å². The van der Waals surface area contributed by atoms with E-state index >= 15 is 14.4 Å². The molecule has 4 fully saturated rings. The largest absolute Gasteiger partial charge is 0.512 e. The zero-order valence-corrected chi connectivity index (χ0v) is 33.5.